The van der Waals surface area contributed by atoms with Crippen LogP contribution >= 0.6 is 0 Å². The Morgan fingerprint density at radius 2 is 1.88 bits per heavy atom. The van der Waals surface area contributed by atoms with Gasteiger partial charge in [-0.3, -0.25) is 0 Å². The molecule has 0 N–H and O–H groups in total. The number of aromatic nitrogens is 2. The molecule has 1 fully saturated rings. The smallest absolute Gasteiger partial charge is 0.243 e. The van der Waals surface area contributed by atoms with Gasteiger partial charge in [-0.2, -0.15) is 4.31 Å². The zero-order chi connectivity index (χ0) is 17.2. The molecule has 0 aliphatic carbocycles. The number of hydrogen-bond donors (Lipinski definition) is 0. The molecule has 2 aromatic rings. The van der Waals surface area contributed by atoms with E-state index in [0.29, 0.717) is 49.3 Å². The fourth-order valence-electron chi connectivity index (χ4n) is 2.81. The van der Waals surface area contributed by atoms with Crippen molar-refractivity contribution in [3.63, 3.8) is 0 Å². The van der Waals surface area contributed by atoms with Crippen LogP contribution < -0.4 is 0 Å². The summed E-state index contributed by atoms with van der Waals surface area (Å²) in [5.74, 6) is 1.20. The summed E-state index contributed by atoms with van der Waals surface area (Å²) in [4.78, 5) is 2.60. The summed E-state index contributed by atoms with van der Waals surface area (Å²) < 4.78 is 32.3. The fourth-order valence-corrected chi connectivity index (χ4v) is 4.34. The highest BCUT2D eigenvalue weighted by molar-refractivity contribution is 7.89. The van der Waals surface area contributed by atoms with Gasteiger partial charge in [-0.1, -0.05) is 12.1 Å². The normalized spacial score (nSPS) is 17.2. The maximum Gasteiger partial charge on any atom is 0.243 e. The standard InChI is InChI=1S/C16H22N4O3S/c1-13-4-3-5-15(12-13)24(21,22)20-10-8-19(9-11-20)7-6-16-18-17-14(2)23-16/h3-5,12H,6-11H2,1-2H3. The van der Waals surface area contributed by atoms with Gasteiger partial charge in [0.15, 0.2) is 0 Å². The van der Waals surface area contributed by atoms with Crippen molar-refractivity contribution in [2.75, 3.05) is 32.7 Å². The summed E-state index contributed by atoms with van der Waals surface area (Å²) in [6.45, 7) is 6.87. The second-order valence-electron chi connectivity index (χ2n) is 6.03. The molecule has 0 unspecified atom stereocenters. The van der Waals surface area contributed by atoms with Gasteiger partial charge in [0, 0.05) is 46.1 Å². The van der Waals surface area contributed by atoms with Gasteiger partial charge in [-0.15, -0.1) is 10.2 Å². The second-order valence-corrected chi connectivity index (χ2v) is 7.96. The van der Waals surface area contributed by atoms with E-state index in [9.17, 15) is 8.42 Å². The molecule has 0 amide bonds. The third-order valence-corrected chi connectivity index (χ3v) is 6.06. The number of hydrogen-bond acceptors (Lipinski definition) is 6. The van der Waals surface area contributed by atoms with Crippen LogP contribution in [0.3, 0.4) is 0 Å². The van der Waals surface area contributed by atoms with Crippen LogP contribution in [0.15, 0.2) is 33.6 Å². The van der Waals surface area contributed by atoms with E-state index in [1.807, 2.05) is 13.0 Å². The van der Waals surface area contributed by atoms with E-state index in [0.717, 1.165) is 12.1 Å². The third kappa shape index (κ3) is 3.82. The molecule has 130 valence electrons. The predicted molar refractivity (Wildman–Crippen MR) is 89.1 cm³/mol. The molecule has 2 heterocycles. The topological polar surface area (TPSA) is 79.5 Å². The first kappa shape index (κ1) is 17.1. The van der Waals surface area contributed by atoms with Crippen molar-refractivity contribution >= 4 is 10.0 Å². The second kappa shape index (κ2) is 7.00. The molecule has 1 aromatic carbocycles. The number of sulfonamides is 1. The molecular weight excluding hydrogens is 328 g/mol. The first-order valence-electron chi connectivity index (χ1n) is 8.03. The van der Waals surface area contributed by atoms with Gasteiger partial charge < -0.3 is 9.32 Å². The van der Waals surface area contributed by atoms with E-state index >= 15 is 0 Å². The first-order valence-corrected chi connectivity index (χ1v) is 9.47. The quantitative estimate of drug-likeness (QED) is 0.807. The molecule has 1 aliphatic rings. The lowest BCUT2D eigenvalue weighted by atomic mass is 10.2. The number of rotatable bonds is 5. The Balaban J connectivity index is 1.56. The van der Waals surface area contributed by atoms with Crippen LogP contribution in [0, 0.1) is 13.8 Å². The SMILES string of the molecule is Cc1cccc(S(=O)(=O)N2CCN(CCc3nnc(C)o3)CC2)c1. The Morgan fingerprint density at radius 1 is 1.12 bits per heavy atom. The molecule has 1 aliphatic heterocycles. The number of piperazine rings is 1. The highest BCUT2D eigenvalue weighted by Gasteiger charge is 2.28. The van der Waals surface area contributed by atoms with E-state index in [-0.39, 0.29) is 0 Å². The summed E-state index contributed by atoms with van der Waals surface area (Å²) in [7, 11) is -3.41. The summed E-state index contributed by atoms with van der Waals surface area (Å²) in [5.41, 5.74) is 0.949. The summed E-state index contributed by atoms with van der Waals surface area (Å²) in [5, 5.41) is 7.80. The molecule has 0 spiro atoms. The minimum atomic E-state index is -3.41. The molecule has 0 bridgehead atoms. The minimum Gasteiger partial charge on any atom is -0.426 e. The van der Waals surface area contributed by atoms with Crippen molar-refractivity contribution in [2.24, 2.45) is 0 Å². The predicted octanol–water partition coefficient (Wildman–Crippen LogP) is 1.24. The Hall–Kier alpha value is -1.77. The van der Waals surface area contributed by atoms with Gasteiger partial charge >= 0.3 is 0 Å². The highest BCUT2D eigenvalue weighted by atomic mass is 32.2. The number of aryl methyl sites for hydroxylation is 2. The molecule has 7 nitrogen and oxygen atoms in total. The molecule has 3 rings (SSSR count). The lowest BCUT2D eigenvalue weighted by molar-refractivity contribution is 0.186. The van der Waals surface area contributed by atoms with Crippen LogP contribution in [0.5, 0.6) is 0 Å². The number of nitrogens with zero attached hydrogens (tertiary/aromatic N) is 4. The van der Waals surface area contributed by atoms with E-state index in [1.165, 1.54) is 0 Å². The van der Waals surface area contributed by atoms with Crippen molar-refractivity contribution in [1.29, 1.82) is 0 Å². The van der Waals surface area contributed by atoms with Gasteiger partial charge in [0.05, 0.1) is 4.90 Å². The minimum absolute atomic E-state index is 0.372. The summed E-state index contributed by atoms with van der Waals surface area (Å²) >= 11 is 0. The zero-order valence-electron chi connectivity index (χ0n) is 14.0. The van der Waals surface area contributed by atoms with Gasteiger partial charge in [0.25, 0.3) is 0 Å². The van der Waals surface area contributed by atoms with Crippen LogP contribution in [0.4, 0.5) is 0 Å². The van der Waals surface area contributed by atoms with Crippen LogP contribution in [-0.4, -0.2) is 60.5 Å². The zero-order valence-corrected chi connectivity index (χ0v) is 14.8. The van der Waals surface area contributed by atoms with E-state index in [2.05, 4.69) is 15.1 Å². The Morgan fingerprint density at radius 3 is 2.50 bits per heavy atom. The van der Waals surface area contributed by atoms with Crippen molar-refractivity contribution in [1.82, 2.24) is 19.4 Å². The largest absolute Gasteiger partial charge is 0.426 e. The van der Waals surface area contributed by atoms with Crippen LogP contribution in [-0.2, 0) is 16.4 Å². The van der Waals surface area contributed by atoms with E-state index in [1.54, 1.807) is 29.4 Å². The Bertz CT molecular complexity index is 795. The van der Waals surface area contributed by atoms with Crippen LogP contribution in [0.2, 0.25) is 0 Å². The van der Waals surface area contributed by atoms with Gasteiger partial charge in [-0.25, -0.2) is 8.42 Å². The molecule has 1 saturated heterocycles. The molecule has 8 heteroatoms. The first-order chi connectivity index (χ1) is 11.4. The molecule has 1 aromatic heterocycles. The highest BCUT2D eigenvalue weighted by Crippen LogP contribution is 2.18. The third-order valence-electron chi connectivity index (χ3n) is 4.17. The van der Waals surface area contributed by atoms with E-state index in [4.69, 9.17) is 4.42 Å². The van der Waals surface area contributed by atoms with Gasteiger partial charge in [0.2, 0.25) is 21.8 Å². The Labute approximate surface area is 142 Å². The summed E-state index contributed by atoms with van der Waals surface area (Å²) in [6, 6.07) is 7.06. The van der Waals surface area contributed by atoms with Gasteiger partial charge in [0.1, 0.15) is 0 Å². The van der Waals surface area contributed by atoms with Gasteiger partial charge in [-0.05, 0) is 24.6 Å². The van der Waals surface area contributed by atoms with Crippen molar-refractivity contribution in [3.05, 3.63) is 41.6 Å². The fraction of sp³-hybridized carbons (Fsp3) is 0.500. The molecule has 0 radical (unpaired) electrons. The monoisotopic (exact) mass is 350 g/mol. The average Bonchev–Trinajstić information content (AvgIpc) is 2.99. The lowest BCUT2D eigenvalue weighted by Gasteiger charge is -2.33. The summed E-state index contributed by atoms with van der Waals surface area (Å²) in [6.07, 6.45) is 0.686. The lowest BCUT2D eigenvalue weighted by Crippen LogP contribution is -2.49. The van der Waals surface area contributed by atoms with E-state index < -0.39 is 10.0 Å². The average molecular weight is 350 g/mol. The number of benzene rings is 1. The molecular formula is C16H22N4O3S. The van der Waals surface area contributed by atoms with Crippen molar-refractivity contribution in [3.8, 4) is 0 Å². The molecule has 0 saturated carbocycles. The molecule has 24 heavy (non-hydrogen) atoms. The maximum absolute atomic E-state index is 12.7. The Kier molecular flexibility index (Phi) is 4.98. The van der Waals surface area contributed by atoms with Crippen molar-refractivity contribution in [2.45, 2.75) is 25.2 Å². The maximum atomic E-state index is 12.7. The molecule has 0 atom stereocenters. The van der Waals surface area contributed by atoms with Crippen LogP contribution in [0.1, 0.15) is 17.3 Å². The van der Waals surface area contributed by atoms with Crippen LogP contribution in [0.25, 0.3) is 0 Å². The van der Waals surface area contributed by atoms with Crippen molar-refractivity contribution < 1.29 is 12.8 Å².